The molecular weight excluding hydrogens is 344 g/mol. The smallest absolute Gasteiger partial charge is 0.271 e. The van der Waals surface area contributed by atoms with Gasteiger partial charge in [0.2, 0.25) is 0 Å². The van der Waals surface area contributed by atoms with Crippen molar-refractivity contribution in [1.29, 1.82) is 0 Å². The highest BCUT2D eigenvalue weighted by molar-refractivity contribution is 7.94. The minimum absolute atomic E-state index is 0.191. The minimum Gasteiger partial charge on any atom is -0.352 e. The molecular formula is C17H22N2O3S2. The van der Waals surface area contributed by atoms with E-state index in [1.165, 1.54) is 0 Å². The highest BCUT2D eigenvalue weighted by Gasteiger charge is 2.15. The molecule has 0 atom stereocenters. The first-order valence-electron chi connectivity index (χ1n) is 7.97. The quantitative estimate of drug-likeness (QED) is 0.662. The zero-order chi connectivity index (χ0) is 17.4. The minimum atomic E-state index is -3.60. The van der Waals surface area contributed by atoms with E-state index >= 15 is 0 Å². The zero-order valence-corrected chi connectivity index (χ0v) is 15.3. The lowest BCUT2D eigenvalue weighted by Gasteiger charge is -2.09. The van der Waals surface area contributed by atoms with Gasteiger partial charge >= 0.3 is 0 Å². The summed E-state index contributed by atoms with van der Waals surface area (Å²) in [6.07, 6.45) is 4.36. The first-order chi connectivity index (χ1) is 11.5. The molecule has 1 aromatic heterocycles. The second-order valence-corrected chi connectivity index (χ2v) is 8.29. The average molecular weight is 367 g/mol. The number of rotatable bonds is 9. The molecule has 1 aromatic carbocycles. The van der Waals surface area contributed by atoms with Crippen molar-refractivity contribution in [1.82, 2.24) is 5.32 Å². The van der Waals surface area contributed by atoms with Crippen LogP contribution < -0.4 is 10.0 Å². The van der Waals surface area contributed by atoms with Gasteiger partial charge in [-0.15, -0.1) is 11.3 Å². The van der Waals surface area contributed by atoms with Crippen molar-refractivity contribution in [3.8, 4) is 0 Å². The Morgan fingerprint density at radius 2 is 1.96 bits per heavy atom. The summed E-state index contributed by atoms with van der Waals surface area (Å²) in [5.41, 5.74) is 0.818. The molecule has 7 heteroatoms. The molecule has 2 rings (SSSR count). The summed E-state index contributed by atoms with van der Waals surface area (Å²) in [6.45, 7) is 2.77. The van der Waals surface area contributed by atoms with Crippen LogP contribution in [0.25, 0.3) is 0 Å². The van der Waals surface area contributed by atoms with Crippen LogP contribution in [0.1, 0.15) is 43.0 Å². The van der Waals surface area contributed by atoms with Crippen LogP contribution in [-0.2, 0) is 10.0 Å². The summed E-state index contributed by atoms with van der Waals surface area (Å²) in [4.78, 5) is 12.1. The molecule has 0 radical (unpaired) electrons. The lowest BCUT2D eigenvalue weighted by molar-refractivity contribution is 0.0953. The van der Waals surface area contributed by atoms with Gasteiger partial charge in [-0.25, -0.2) is 8.42 Å². The monoisotopic (exact) mass is 366 g/mol. The lowest BCUT2D eigenvalue weighted by atomic mass is 10.2. The number of benzene rings is 1. The zero-order valence-electron chi connectivity index (χ0n) is 13.6. The van der Waals surface area contributed by atoms with Gasteiger partial charge < -0.3 is 5.32 Å². The SMILES string of the molecule is CCCCCCNC(=O)c1cccc(NS(=O)(=O)c2cccs2)c1. The molecule has 0 aliphatic carbocycles. The molecule has 0 fully saturated rings. The highest BCUT2D eigenvalue weighted by atomic mass is 32.2. The van der Waals surface area contributed by atoms with E-state index in [4.69, 9.17) is 0 Å². The van der Waals surface area contributed by atoms with Gasteiger partial charge in [0.05, 0.1) is 0 Å². The van der Waals surface area contributed by atoms with E-state index in [9.17, 15) is 13.2 Å². The van der Waals surface area contributed by atoms with Gasteiger partial charge in [-0.3, -0.25) is 9.52 Å². The molecule has 1 amide bonds. The summed E-state index contributed by atoms with van der Waals surface area (Å²) in [5.74, 6) is -0.191. The summed E-state index contributed by atoms with van der Waals surface area (Å²) in [6, 6.07) is 9.74. The van der Waals surface area contributed by atoms with E-state index in [2.05, 4.69) is 17.0 Å². The molecule has 0 aliphatic rings. The van der Waals surface area contributed by atoms with E-state index in [1.54, 1.807) is 41.8 Å². The summed E-state index contributed by atoms with van der Waals surface area (Å²) < 4.78 is 27.2. The Labute approximate surface area is 147 Å². The van der Waals surface area contributed by atoms with Crippen molar-refractivity contribution in [2.24, 2.45) is 0 Å². The predicted octanol–water partition coefficient (Wildman–Crippen LogP) is 3.86. The molecule has 5 nitrogen and oxygen atoms in total. The number of sulfonamides is 1. The number of amides is 1. The molecule has 130 valence electrons. The molecule has 0 bridgehead atoms. The number of unbranched alkanes of at least 4 members (excludes halogenated alkanes) is 3. The Bertz CT molecular complexity index is 756. The van der Waals surface area contributed by atoms with Crippen molar-refractivity contribution in [3.63, 3.8) is 0 Å². The first kappa shape index (κ1) is 18.5. The van der Waals surface area contributed by atoms with Crippen LogP contribution >= 0.6 is 11.3 Å². The van der Waals surface area contributed by atoms with Gasteiger partial charge in [0.1, 0.15) is 4.21 Å². The largest absolute Gasteiger partial charge is 0.352 e. The van der Waals surface area contributed by atoms with Crippen molar-refractivity contribution >= 4 is 33.0 Å². The Balaban J connectivity index is 1.97. The van der Waals surface area contributed by atoms with E-state index in [-0.39, 0.29) is 10.1 Å². The topological polar surface area (TPSA) is 75.3 Å². The fraction of sp³-hybridized carbons (Fsp3) is 0.353. The predicted molar refractivity (Wildman–Crippen MR) is 98.0 cm³/mol. The molecule has 0 saturated heterocycles. The van der Waals surface area contributed by atoms with Crippen LogP contribution in [0.5, 0.6) is 0 Å². The third-order valence-electron chi connectivity index (χ3n) is 3.45. The number of carbonyl (C=O) groups excluding carboxylic acids is 1. The Morgan fingerprint density at radius 3 is 2.67 bits per heavy atom. The molecule has 24 heavy (non-hydrogen) atoms. The number of hydrogen-bond acceptors (Lipinski definition) is 4. The van der Waals surface area contributed by atoms with Crippen LogP contribution in [-0.4, -0.2) is 20.9 Å². The number of nitrogens with one attached hydrogen (secondary N) is 2. The van der Waals surface area contributed by atoms with Gasteiger partial charge in [-0.05, 0) is 36.1 Å². The molecule has 0 aliphatic heterocycles. The Hall–Kier alpha value is -1.86. The molecule has 2 N–H and O–H groups in total. The Morgan fingerprint density at radius 1 is 1.12 bits per heavy atom. The van der Waals surface area contributed by atoms with Crippen LogP contribution in [0.4, 0.5) is 5.69 Å². The maximum Gasteiger partial charge on any atom is 0.271 e. The lowest BCUT2D eigenvalue weighted by Crippen LogP contribution is -2.24. The van der Waals surface area contributed by atoms with Gasteiger partial charge in [-0.1, -0.05) is 38.3 Å². The van der Waals surface area contributed by atoms with Gasteiger partial charge in [0.25, 0.3) is 15.9 Å². The number of thiophene rings is 1. The van der Waals surface area contributed by atoms with E-state index in [0.717, 1.165) is 37.0 Å². The van der Waals surface area contributed by atoms with Crippen LogP contribution in [0.2, 0.25) is 0 Å². The van der Waals surface area contributed by atoms with Gasteiger partial charge in [0.15, 0.2) is 0 Å². The number of hydrogen-bond donors (Lipinski definition) is 2. The Kier molecular flexibility index (Phi) is 6.81. The first-order valence-corrected chi connectivity index (χ1v) is 10.3. The maximum absolute atomic E-state index is 12.2. The number of carbonyl (C=O) groups is 1. The third kappa shape index (κ3) is 5.35. The summed E-state index contributed by atoms with van der Waals surface area (Å²) >= 11 is 1.15. The maximum atomic E-state index is 12.2. The summed E-state index contributed by atoms with van der Waals surface area (Å²) in [7, 11) is -3.60. The second-order valence-electron chi connectivity index (χ2n) is 5.43. The van der Waals surface area contributed by atoms with E-state index in [1.807, 2.05) is 0 Å². The van der Waals surface area contributed by atoms with Crippen molar-refractivity contribution in [2.75, 3.05) is 11.3 Å². The van der Waals surface area contributed by atoms with Gasteiger partial charge in [-0.2, -0.15) is 0 Å². The third-order valence-corrected chi connectivity index (χ3v) is 6.23. The summed E-state index contributed by atoms with van der Waals surface area (Å²) in [5, 5.41) is 4.57. The van der Waals surface area contributed by atoms with Crippen LogP contribution in [0.3, 0.4) is 0 Å². The fourth-order valence-electron chi connectivity index (χ4n) is 2.20. The highest BCUT2D eigenvalue weighted by Crippen LogP contribution is 2.20. The fourth-order valence-corrected chi connectivity index (χ4v) is 4.24. The standard InChI is InChI=1S/C17H22N2O3S2/c1-2-3-4-5-11-18-17(20)14-8-6-9-15(13-14)19-24(21,22)16-10-7-12-23-16/h6-10,12-13,19H,2-5,11H2,1H3,(H,18,20). The van der Waals surface area contributed by atoms with Crippen molar-refractivity contribution < 1.29 is 13.2 Å². The van der Waals surface area contributed by atoms with Crippen LogP contribution in [0.15, 0.2) is 46.0 Å². The van der Waals surface area contributed by atoms with Gasteiger partial charge in [0, 0.05) is 17.8 Å². The molecule has 2 aromatic rings. The van der Waals surface area contributed by atoms with Crippen molar-refractivity contribution in [3.05, 3.63) is 47.3 Å². The second kappa shape index (κ2) is 8.84. The normalized spacial score (nSPS) is 11.2. The average Bonchev–Trinajstić information content (AvgIpc) is 3.10. The van der Waals surface area contributed by atoms with Crippen molar-refractivity contribution in [2.45, 2.75) is 36.8 Å². The molecule has 0 saturated carbocycles. The molecule has 1 heterocycles. The molecule has 0 unspecified atom stereocenters. The van der Waals surface area contributed by atoms with Crippen LogP contribution in [0, 0.1) is 0 Å². The van der Waals surface area contributed by atoms with E-state index in [0.29, 0.717) is 17.8 Å². The molecule has 0 spiro atoms. The van der Waals surface area contributed by atoms with E-state index < -0.39 is 10.0 Å². The number of anilines is 1.